The van der Waals surface area contributed by atoms with E-state index in [-0.39, 0.29) is 0 Å². The van der Waals surface area contributed by atoms with E-state index in [1.54, 1.807) is 11.3 Å². The summed E-state index contributed by atoms with van der Waals surface area (Å²) in [5, 5.41) is 2.85. The number of rotatable bonds is 2. The highest BCUT2D eigenvalue weighted by Crippen LogP contribution is 2.25. The second-order valence-corrected chi connectivity index (χ2v) is 5.08. The number of nitrogens with zero attached hydrogens (tertiary/aromatic N) is 1. The van der Waals surface area contributed by atoms with Crippen molar-refractivity contribution in [3.63, 3.8) is 0 Å². The zero-order valence-corrected chi connectivity index (χ0v) is 10.6. The predicted molar refractivity (Wildman–Crippen MR) is 69.3 cm³/mol. The van der Waals surface area contributed by atoms with Gasteiger partial charge in [0.15, 0.2) is 3.95 Å². The SMILES string of the molecule is CCn1c(-c2ccc(Cl)cc2)csc1=S. The maximum Gasteiger partial charge on any atom is 0.161 e. The van der Waals surface area contributed by atoms with Crippen LogP contribution in [0.1, 0.15) is 6.92 Å². The van der Waals surface area contributed by atoms with Crippen LogP contribution in [0, 0.1) is 3.95 Å². The molecule has 0 saturated heterocycles. The van der Waals surface area contributed by atoms with Crippen LogP contribution in [-0.2, 0) is 6.54 Å². The highest BCUT2D eigenvalue weighted by molar-refractivity contribution is 7.73. The number of thiazole rings is 1. The Morgan fingerprint density at radius 1 is 1.33 bits per heavy atom. The molecule has 4 heteroatoms. The zero-order chi connectivity index (χ0) is 10.8. The lowest BCUT2D eigenvalue weighted by Gasteiger charge is -2.05. The van der Waals surface area contributed by atoms with E-state index in [0.717, 1.165) is 21.1 Å². The van der Waals surface area contributed by atoms with Gasteiger partial charge in [-0.25, -0.2) is 0 Å². The number of hydrogen-bond donors (Lipinski definition) is 0. The molecule has 0 spiro atoms. The first kappa shape index (κ1) is 10.9. The fourth-order valence-corrected chi connectivity index (χ4v) is 2.80. The van der Waals surface area contributed by atoms with Crippen LogP contribution in [0.15, 0.2) is 29.6 Å². The third-order valence-corrected chi connectivity index (χ3v) is 3.76. The molecule has 0 aliphatic carbocycles. The molecule has 0 aliphatic rings. The first-order chi connectivity index (χ1) is 7.22. The van der Waals surface area contributed by atoms with Crippen molar-refractivity contribution in [2.24, 2.45) is 0 Å². The van der Waals surface area contributed by atoms with E-state index < -0.39 is 0 Å². The van der Waals surface area contributed by atoms with Gasteiger partial charge in [0.1, 0.15) is 0 Å². The maximum atomic E-state index is 5.85. The Bertz CT molecular complexity index is 510. The first-order valence-electron chi connectivity index (χ1n) is 4.66. The lowest BCUT2D eigenvalue weighted by Crippen LogP contribution is -1.95. The topological polar surface area (TPSA) is 4.93 Å². The van der Waals surface area contributed by atoms with Crippen LogP contribution in [-0.4, -0.2) is 4.57 Å². The molecule has 0 saturated carbocycles. The molecule has 2 aromatic rings. The van der Waals surface area contributed by atoms with Gasteiger partial charge < -0.3 is 4.57 Å². The van der Waals surface area contributed by atoms with E-state index in [1.165, 1.54) is 5.69 Å². The Morgan fingerprint density at radius 2 is 2.00 bits per heavy atom. The van der Waals surface area contributed by atoms with Gasteiger partial charge in [0, 0.05) is 16.9 Å². The molecule has 2 rings (SSSR count). The summed E-state index contributed by atoms with van der Waals surface area (Å²) >= 11 is 12.7. The van der Waals surface area contributed by atoms with Crippen molar-refractivity contribution in [2.75, 3.05) is 0 Å². The van der Waals surface area contributed by atoms with Gasteiger partial charge in [0.2, 0.25) is 0 Å². The van der Waals surface area contributed by atoms with Gasteiger partial charge in [-0.2, -0.15) is 0 Å². The van der Waals surface area contributed by atoms with Crippen LogP contribution in [0.4, 0.5) is 0 Å². The van der Waals surface area contributed by atoms with E-state index in [9.17, 15) is 0 Å². The van der Waals surface area contributed by atoms with Crippen LogP contribution in [0.25, 0.3) is 11.3 Å². The van der Waals surface area contributed by atoms with Crippen molar-refractivity contribution >= 4 is 35.2 Å². The molecule has 15 heavy (non-hydrogen) atoms. The molecule has 1 aromatic carbocycles. The molecule has 0 N–H and O–H groups in total. The molecule has 1 nitrogen and oxygen atoms in total. The summed E-state index contributed by atoms with van der Waals surface area (Å²) in [6, 6.07) is 7.84. The molecule has 0 radical (unpaired) electrons. The zero-order valence-electron chi connectivity index (χ0n) is 8.24. The molecular formula is C11H10ClNS2. The third kappa shape index (κ3) is 2.14. The van der Waals surface area contributed by atoms with Crippen molar-refractivity contribution in [1.82, 2.24) is 4.57 Å². The van der Waals surface area contributed by atoms with Gasteiger partial charge in [-0.05, 0) is 36.8 Å². The van der Waals surface area contributed by atoms with Crippen molar-refractivity contribution in [1.29, 1.82) is 0 Å². The van der Waals surface area contributed by atoms with Crippen molar-refractivity contribution in [3.05, 3.63) is 38.6 Å². The highest BCUT2D eigenvalue weighted by Gasteiger charge is 2.04. The minimum Gasteiger partial charge on any atom is -0.323 e. The van der Waals surface area contributed by atoms with E-state index in [4.69, 9.17) is 23.8 Å². The maximum absolute atomic E-state index is 5.85. The molecule has 1 heterocycles. The lowest BCUT2D eigenvalue weighted by atomic mass is 10.2. The fourth-order valence-electron chi connectivity index (χ4n) is 1.48. The summed E-state index contributed by atoms with van der Waals surface area (Å²) in [5.74, 6) is 0. The summed E-state index contributed by atoms with van der Waals surface area (Å²) in [6.07, 6.45) is 0. The standard InChI is InChI=1S/C11H10ClNS2/c1-2-13-10(7-15-11(13)14)8-3-5-9(12)6-4-8/h3-7H,2H2,1H3. The Balaban J connectivity index is 2.54. The molecule has 0 unspecified atom stereocenters. The summed E-state index contributed by atoms with van der Waals surface area (Å²) in [6.45, 7) is 3.00. The average Bonchev–Trinajstić information content (AvgIpc) is 2.61. The Kier molecular flexibility index (Phi) is 3.24. The number of aromatic nitrogens is 1. The monoisotopic (exact) mass is 255 g/mol. The second kappa shape index (κ2) is 4.47. The molecule has 0 bridgehead atoms. The van der Waals surface area contributed by atoms with Crippen molar-refractivity contribution in [2.45, 2.75) is 13.5 Å². The van der Waals surface area contributed by atoms with Gasteiger partial charge >= 0.3 is 0 Å². The van der Waals surface area contributed by atoms with Crippen LogP contribution < -0.4 is 0 Å². The molecular weight excluding hydrogens is 246 g/mol. The van der Waals surface area contributed by atoms with Crippen LogP contribution in [0.5, 0.6) is 0 Å². The van der Waals surface area contributed by atoms with Gasteiger partial charge in [-0.15, -0.1) is 11.3 Å². The number of hydrogen-bond acceptors (Lipinski definition) is 2. The van der Waals surface area contributed by atoms with E-state index >= 15 is 0 Å². The largest absolute Gasteiger partial charge is 0.323 e. The fraction of sp³-hybridized carbons (Fsp3) is 0.182. The van der Waals surface area contributed by atoms with Crippen molar-refractivity contribution < 1.29 is 0 Å². The second-order valence-electron chi connectivity index (χ2n) is 3.14. The molecule has 0 aliphatic heterocycles. The van der Waals surface area contributed by atoms with E-state index in [2.05, 4.69) is 16.9 Å². The highest BCUT2D eigenvalue weighted by atomic mass is 35.5. The Morgan fingerprint density at radius 3 is 2.60 bits per heavy atom. The van der Waals surface area contributed by atoms with Gasteiger partial charge in [0.05, 0.1) is 5.69 Å². The van der Waals surface area contributed by atoms with Gasteiger partial charge in [-0.3, -0.25) is 0 Å². The summed E-state index contributed by atoms with van der Waals surface area (Å²) in [7, 11) is 0. The summed E-state index contributed by atoms with van der Waals surface area (Å²) in [4.78, 5) is 0. The quantitative estimate of drug-likeness (QED) is 0.709. The van der Waals surface area contributed by atoms with Crippen LogP contribution >= 0.6 is 35.2 Å². The Labute approximate surface area is 103 Å². The smallest absolute Gasteiger partial charge is 0.161 e. The van der Waals surface area contributed by atoms with E-state index in [0.29, 0.717) is 0 Å². The lowest BCUT2D eigenvalue weighted by molar-refractivity contribution is 0.772. The minimum atomic E-state index is 0.760. The molecule has 0 fully saturated rings. The predicted octanol–water partition coefficient (Wildman–Crippen LogP) is 4.62. The van der Waals surface area contributed by atoms with Gasteiger partial charge in [0.25, 0.3) is 0 Å². The number of halogens is 1. The van der Waals surface area contributed by atoms with Crippen LogP contribution in [0.3, 0.4) is 0 Å². The molecule has 78 valence electrons. The summed E-state index contributed by atoms with van der Waals surface area (Å²) < 4.78 is 3.05. The molecule has 0 amide bonds. The molecule has 0 atom stereocenters. The number of benzene rings is 1. The van der Waals surface area contributed by atoms with Gasteiger partial charge in [-0.1, -0.05) is 23.7 Å². The normalized spacial score (nSPS) is 10.5. The van der Waals surface area contributed by atoms with Crippen LogP contribution in [0.2, 0.25) is 5.02 Å². The third-order valence-electron chi connectivity index (χ3n) is 2.24. The first-order valence-corrected chi connectivity index (χ1v) is 6.33. The minimum absolute atomic E-state index is 0.760. The molecule has 1 aromatic heterocycles. The van der Waals surface area contributed by atoms with Crippen molar-refractivity contribution in [3.8, 4) is 11.3 Å². The van der Waals surface area contributed by atoms with E-state index in [1.807, 2.05) is 24.3 Å². The average molecular weight is 256 g/mol. The Hall–Kier alpha value is -0.640. The summed E-state index contributed by atoms with van der Waals surface area (Å²) in [5.41, 5.74) is 2.33.